The minimum Gasteiger partial charge on any atom is -0.791 e. The predicted molar refractivity (Wildman–Crippen MR) is 26.9 cm³/mol. The second-order valence-electron chi connectivity index (χ2n) is 0.952. The van der Waals surface area contributed by atoms with Gasteiger partial charge in [-0.05, 0) is 5.18 Å². The topological polar surface area (TPSA) is 64.8 Å². The van der Waals surface area contributed by atoms with Crippen molar-refractivity contribution < 1.29 is 0 Å². The van der Waals surface area contributed by atoms with Gasteiger partial charge in [-0.25, -0.2) is 0 Å². The van der Waals surface area contributed by atoms with E-state index < -0.39 is 0 Å². The van der Waals surface area contributed by atoms with Crippen LogP contribution in [0.3, 0.4) is 0 Å². The fourth-order valence-corrected chi connectivity index (χ4v) is 0.146. The fourth-order valence-electron chi connectivity index (χ4n) is 0.146. The molecule has 0 aromatic rings. The van der Waals surface area contributed by atoms with Crippen molar-refractivity contribution in [2.75, 3.05) is 0 Å². The van der Waals surface area contributed by atoms with E-state index >= 15 is 0 Å². The van der Waals surface area contributed by atoms with Crippen LogP contribution < -0.4 is 0 Å². The molecule has 0 spiro atoms. The molecule has 0 N–H and O–H groups in total. The monoisotopic (exact) mass is 101 g/mol. The smallest absolute Gasteiger partial charge is 0.163 e. The molecule has 4 nitrogen and oxygen atoms in total. The van der Waals surface area contributed by atoms with Crippen molar-refractivity contribution in [1.29, 1.82) is 0 Å². The van der Waals surface area contributed by atoms with E-state index in [-0.39, 0.29) is 5.84 Å². The standard InChI is InChI=1S/C3H6N2O2/c1-2-3(4-6)5-7/h6H,2H2,1H3/p-1/b4-3-. The van der Waals surface area contributed by atoms with Crippen molar-refractivity contribution in [3.05, 3.63) is 10.1 Å². The van der Waals surface area contributed by atoms with Crippen molar-refractivity contribution in [3.63, 3.8) is 0 Å². The van der Waals surface area contributed by atoms with Crippen LogP contribution in [-0.2, 0) is 0 Å². The second-order valence-corrected chi connectivity index (χ2v) is 0.952. The summed E-state index contributed by atoms with van der Waals surface area (Å²) in [6.07, 6.45) is 0.312. The first kappa shape index (κ1) is 6.07. The van der Waals surface area contributed by atoms with E-state index in [2.05, 4.69) is 10.3 Å². The molecule has 0 unspecified atom stereocenters. The molecule has 40 valence electrons. The first-order valence-electron chi connectivity index (χ1n) is 1.87. The Balaban J connectivity index is 3.60. The molecule has 0 amide bonds. The largest absolute Gasteiger partial charge is 0.791 e. The Kier molecular flexibility index (Phi) is 2.83. The van der Waals surface area contributed by atoms with Crippen molar-refractivity contribution >= 4 is 5.84 Å². The van der Waals surface area contributed by atoms with Crippen LogP contribution in [0.1, 0.15) is 13.3 Å². The quantitative estimate of drug-likeness (QED) is 0.214. The predicted octanol–water partition coefficient (Wildman–Crippen LogP) is 1.06. The zero-order chi connectivity index (χ0) is 5.70. The summed E-state index contributed by atoms with van der Waals surface area (Å²) in [5, 5.41) is 14.0. The van der Waals surface area contributed by atoms with Crippen LogP contribution >= 0.6 is 0 Å². The molecular formula is C3H5N2O2-. The summed E-state index contributed by atoms with van der Waals surface area (Å²) in [4.78, 5) is 9.39. The van der Waals surface area contributed by atoms with Crippen molar-refractivity contribution in [3.8, 4) is 0 Å². The Morgan fingerprint density at radius 3 is 2.43 bits per heavy atom. The Morgan fingerprint density at radius 1 is 1.86 bits per heavy atom. The van der Waals surface area contributed by atoms with E-state index in [4.69, 9.17) is 0 Å². The van der Waals surface area contributed by atoms with Crippen LogP contribution in [-0.4, -0.2) is 5.84 Å². The molecule has 0 rings (SSSR count). The molecule has 0 bridgehead atoms. The Bertz CT molecular complexity index is 88.9. The molecule has 0 aliphatic carbocycles. The number of amidine groups is 1. The van der Waals surface area contributed by atoms with Gasteiger partial charge in [0.15, 0.2) is 5.84 Å². The first-order chi connectivity index (χ1) is 3.35. The molecule has 0 aromatic carbocycles. The molecule has 4 heteroatoms. The van der Waals surface area contributed by atoms with E-state index in [1.165, 1.54) is 0 Å². The lowest BCUT2D eigenvalue weighted by molar-refractivity contribution is 1.23. The van der Waals surface area contributed by atoms with Gasteiger partial charge in [0, 0.05) is 6.42 Å². The molecule has 0 heterocycles. The summed E-state index contributed by atoms with van der Waals surface area (Å²) in [6, 6.07) is 0. The van der Waals surface area contributed by atoms with Gasteiger partial charge in [0.05, 0.1) is 0 Å². The maximum atomic E-state index is 9.39. The summed E-state index contributed by atoms with van der Waals surface area (Å²) in [7, 11) is 0. The summed E-state index contributed by atoms with van der Waals surface area (Å²) in [5.74, 6) is -0.181. The van der Waals surface area contributed by atoms with Gasteiger partial charge in [0.1, 0.15) is 0 Å². The van der Waals surface area contributed by atoms with Gasteiger partial charge >= 0.3 is 0 Å². The number of nitroso groups, excluding NO2 is 1. The molecule has 0 atom stereocenters. The van der Waals surface area contributed by atoms with Crippen molar-refractivity contribution in [1.82, 2.24) is 0 Å². The zero-order valence-corrected chi connectivity index (χ0v) is 3.92. The maximum absolute atomic E-state index is 9.39. The number of hydrogen-bond donors (Lipinski definition) is 0. The van der Waals surface area contributed by atoms with Gasteiger partial charge in [-0.15, -0.1) is 4.91 Å². The molecule has 0 radical (unpaired) electrons. The summed E-state index contributed by atoms with van der Waals surface area (Å²) in [6.45, 7) is 1.64. The number of hydrogen-bond acceptors (Lipinski definition) is 3. The van der Waals surface area contributed by atoms with Gasteiger partial charge < -0.3 is 10.4 Å². The van der Waals surface area contributed by atoms with E-state index in [0.717, 1.165) is 0 Å². The minimum atomic E-state index is -0.181. The zero-order valence-electron chi connectivity index (χ0n) is 3.92. The Hall–Kier alpha value is -0.930. The molecule has 0 aromatic heterocycles. The van der Waals surface area contributed by atoms with Gasteiger partial charge in [0.25, 0.3) is 0 Å². The highest BCUT2D eigenvalue weighted by Crippen LogP contribution is 1.83. The molecule has 0 fully saturated rings. The average Bonchev–Trinajstić information content (AvgIpc) is 1.72. The number of rotatable bonds is 1. The molecule has 0 aliphatic heterocycles. The second kappa shape index (κ2) is 3.27. The summed E-state index contributed by atoms with van der Waals surface area (Å²) >= 11 is 0. The lowest BCUT2D eigenvalue weighted by Crippen LogP contribution is -1.85. The molecule has 0 aliphatic rings. The van der Waals surface area contributed by atoms with Gasteiger partial charge in [-0.1, -0.05) is 6.92 Å². The van der Waals surface area contributed by atoms with Gasteiger partial charge in [0.2, 0.25) is 0 Å². The SMILES string of the molecule is CC/C(N=O)=N/[O-]. The van der Waals surface area contributed by atoms with Crippen molar-refractivity contribution in [2.24, 2.45) is 10.3 Å². The van der Waals surface area contributed by atoms with E-state index in [1.54, 1.807) is 6.92 Å². The fraction of sp³-hybridized carbons (Fsp3) is 0.667. The lowest BCUT2D eigenvalue weighted by atomic mass is 10.5. The highest BCUT2D eigenvalue weighted by atomic mass is 16.4. The molecule has 0 saturated heterocycles. The molecular weight excluding hydrogens is 96.0 g/mol. The van der Waals surface area contributed by atoms with Crippen LogP contribution in [0.25, 0.3) is 0 Å². The third-order valence-electron chi connectivity index (χ3n) is 0.527. The Morgan fingerprint density at radius 2 is 2.43 bits per heavy atom. The summed E-state index contributed by atoms with van der Waals surface area (Å²) in [5.41, 5.74) is 0. The third kappa shape index (κ3) is 1.86. The van der Waals surface area contributed by atoms with Crippen LogP contribution in [0.2, 0.25) is 0 Å². The average molecular weight is 101 g/mol. The van der Waals surface area contributed by atoms with Crippen LogP contribution in [0.5, 0.6) is 0 Å². The minimum absolute atomic E-state index is 0.181. The van der Waals surface area contributed by atoms with Crippen molar-refractivity contribution in [2.45, 2.75) is 13.3 Å². The first-order valence-corrected chi connectivity index (χ1v) is 1.87. The van der Waals surface area contributed by atoms with E-state index in [1.807, 2.05) is 0 Å². The number of nitrogens with zero attached hydrogens (tertiary/aromatic N) is 2. The Labute approximate surface area is 40.8 Å². The molecule has 7 heavy (non-hydrogen) atoms. The summed E-state index contributed by atoms with van der Waals surface area (Å²) < 4.78 is 0. The lowest BCUT2D eigenvalue weighted by Gasteiger charge is -1.90. The van der Waals surface area contributed by atoms with Crippen LogP contribution in [0.15, 0.2) is 10.3 Å². The van der Waals surface area contributed by atoms with Gasteiger partial charge in [-0.2, -0.15) is 0 Å². The van der Waals surface area contributed by atoms with Gasteiger partial charge in [-0.3, -0.25) is 0 Å². The normalized spacial score (nSPS) is 11.3. The van der Waals surface area contributed by atoms with E-state index in [9.17, 15) is 10.1 Å². The third-order valence-corrected chi connectivity index (χ3v) is 0.527. The highest BCUT2D eigenvalue weighted by Gasteiger charge is 1.84. The van der Waals surface area contributed by atoms with Crippen LogP contribution in [0, 0.1) is 10.1 Å². The van der Waals surface area contributed by atoms with Crippen LogP contribution in [0.4, 0.5) is 0 Å². The molecule has 0 saturated carbocycles. The highest BCUT2D eigenvalue weighted by molar-refractivity contribution is 5.82. The maximum Gasteiger partial charge on any atom is 0.163 e. The van der Waals surface area contributed by atoms with E-state index in [0.29, 0.717) is 6.42 Å².